The highest BCUT2D eigenvalue weighted by molar-refractivity contribution is 5.66. The zero-order chi connectivity index (χ0) is 23.0. The van der Waals surface area contributed by atoms with E-state index in [0.717, 1.165) is 36.7 Å². The number of benzene rings is 2. The quantitative estimate of drug-likeness (QED) is 0.420. The molecule has 0 radical (unpaired) electrons. The Morgan fingerprint density at radius 2 is 1.50 bits per heavy atom. The maximum absolute atomic E-state index is 14.9. The molecule has 174 valence electrons. The third-order valence-corrected chi connectivity index (χ3v) is 7.29. The van der Waals surface area contributed by atoms with E-state index in [4.69, 9.17) is 0 Å². The molecule has 0 aliphatic heterocycles. The lowest BCUT2D eigenvalue weighted by molar-refractivity contribution is -0.276. The van der Waals surface area contributed by atoms with Gasteiger partial charge in [-0.2, -0.15) is 0 Å². The molecule has 1 unspecified atom stereocenters. The summed E-state index contributed by atoms with van der Waals surface area (Å²) in [7, 11) is 0. The van der Waals surface area contributed by atoms with Crippen molar-refractivity contribution >= 4 is 0 Å². The smallest absolute Gasteiger partial charge is 0.399 e. The van der Waals surface area contributed by atoms with Crippen LogP contribution in [0, 0.1) is 35.2 Å². The normalized spacial score (nSPS) is 26.0. The molecular formula is C25H26F6O. The molecule has 2 aliphatic carbocycles. The van der Waals surface area contributed by atoms with Crippen LogP contribution in [0.1, 0.15) is 63.4 Å². The fourth-order valence-corrected chi connectivity index (χ4v) is 5.61. The molecule has 2 aromatic carbocycles. The van der Waals surface area contributed by atoms with Crippen LogP contribution in [-0.4, -0.2) is 6.36 Å². The van der Waals surface area contributed by atoms with Crippen molar-refractivity contribution in [1.82, 2.24) is 0 Å². The van der Waals surface area contributed by atoms with Gasteiger partial charge < -0.3 is 4.74 Å². The molecule has 4 atom stereocenters. The number of rotatable bonds is 4. The fraction of sp³-hybridized carbons (Fsp3) is 0.520. The van der Waals surface area contributed by atoms with Crippen molar-refractivity contribution in [2.75, 3.05) is 0 Å². The molecule has 32 heavy (non-hydrogen) atoms. The van der Waals surface area contributed by atoms with Gasteiger partial charge >= 0.3 is 6.36 Å². The van der Waals surface area contributed by atoms with Gasteiger partial charge in [0.15, 0.2) is 11.6 Å². The molecule has 2 aliphatic rings. The molecule has 0 amide bonds. The summed E-state index contributed by atoms with van der Waals surface area (Å²) >= 11 is 0. The summed E-state index contributed by atoms with van der Waals surface area (Å²) < 4.78 is 83.4. The summed E-state index contributed by atoms with van der Waals surface area (Å²) in [6.07, 6.45) is 2.89. The first-order chi connectivity index (χ1) is 15.1. The molecular weight excluding hydrogens is 430 g/mol. The van der Waals surface area contributed by atoms with Crippen LogP contribution in [0.4, 0.5) is 26.3 Å². The zero-order valence-corrected chi connectivity index (χ0v) is 17.8. The third kappa shape index (κ3) is 4.91. The first-order valence-corrected chi connectivity index (χ1v) is 11.2. The second-order valence-corrected chi connectivity index (χ2v) is 9.17. The number of hydrogen-bond donors (Lipinski definition) is 0. The van der Waals surface area contributed by atoms with Crippen molar-refractivity contribution in [2.24, 2.45) is 17.8 Å². The topological polar surface area (TPSA) is 9.23 Å². The van der Waals surface area contributed by atoms with Gasteiger partial charge in [0.25, 0.3) is 0 Å². The fourth-order valence-electron chi connectivity index (χ4n) is 5.61. The van der Waals surface area contributed by atoms with Crippen molar-refractivity contribution in [3.63, 3.8) is 0 Å². The van der Waals surface area contributed by atoms with Crippen LogP contribution in [-0.2, 0) is 0 Å². The maximum Gasteiger partial charge on any atom is 0.573 e. The van der Waals surface area contributed by atoms with Gasteiger partial charge in [0, 0.05) is 5.56 Å². The lowest BCUT2D eigenvalue weighted by Crippen LogP contribution is -2.30. The minimum Gasteiger partial charge on any atom is -0.399 e. The van der Waals surface area contributed by atoms with Gasteiger partial charge in [-0.1, -0.05) is 31.9 Å². The highest BCUT2D eigenvalue weighted by atomic mass is 19.4. The number of fused-ring (bicyclic) bond motifs is 1. The molecule has 0 saturated heterocycles. The van der Waals surface area contributed by atoms with Gasteiger partial charge in [0.1, 0.15) is 5.82 Å². The van der Waals surface area contributed by atoms with Gasteiger partial charge in [0.05, 0.1) is 0 Å². The van der Waals surface area contributed by atoms with Gasteiger partial charge in [-0.25, -0.2) is 13.2 Å². The number of hydrogen-bond acceptors (Lipinski definition) is 1. The van der Waals surface area contributed by atoms with E-state index in [0.29, 0.717) is 18.1 Å². The molecule has 2 aromatic rings. The number of halogens is 6. The summed E-state index contributed by atoms with van der Waals surface area (Å²) in [6, 6.07) is 5.91. The molecule has 2 fully saturated rings. The molecule has 0 heterocycles. The van der Waals surface area contributed by atoms with Gasteiger partial charge in [-0.15, -0.1) is 13.2 Å². The van der Waals surface area contributed by atoms with E-state index < -0.39 is 29.6 Å². The predicted molar refractivity (Wildman–Crippen MR) is 110 cm³/mol. The molecule has 0 spiro atoms. The first kappa shape index (κ1) is 23.0. The summed E-state index contributed by atoms with van der Waals surface area (Å²) in [6.45, 7) is 2.25. The van der Waals surface area contributed by atoms with Gasteiger partial charge in [-0.05, 0) is 85.1 Å². The Kier molecular flexibility index (Phi) is 6.46. The molecule has 7 heteroatoms. The minimum atomic E-state index is -5.23. The Morgan fingerprint density at radius 1 is 0.844 bits per heavy atom. The third-order valence-electron chi connectivity index (χ3n) is 7.29. The molecule has 4 rings (SSSR count). The largest absolute Gasteiger partial charge is 0.573 e. The number of alkyl halides is 3. The Morgan fingerprint density at radius 3 is 2.12 bits per heavy atom. The van der Waals surface area contributed by atoms with E-state index in [1.165, 1.54) is 37.8 Å². The lowest BCUT2D eigenvalue weighted by Gasteiger charge is -2.42. The predicted octanol–water partition coefficient (Wildman–Crippen LogP) is 8.38. The number of ether oxygens (including phenoxy) is 1. The average molecular weight is 456 g/mol. The van der Waals surface area contributed by atoms with E-state index in [1.807, 2.05) is 0 Å². The van der Waals surface area contributed by atoms with Gasteiger partial charge in [-0.3, -0.25) is 0 Å². The molecule has 1 nitrogen and oxygen atoms in total. The Bertz CT molecular complexity index is 946. The van der Waals surface area contributed by atoms with Crippen LogP contribution in [0.5, 0.6) is 5.75 Å². The van der Waals surface area contributed by atoms with Crippen LogP contribution < -0.4 is 4.74 Å². The van der Waals surface area contributed by atoms with Crippen LogP contribution in [0.15, 0.2) is 30.3 Å². The van der Waals surface area contributed by atoms with E-state index in [-0.39, 0.29) is 17.0 Å². The van der Waals surface area contributed by atoms with Crippen molar-refractivity contribution in [3.8, 4) is 16.9 Å². The molecule has 2 saturated carbocycles. The van der Waals surface area contributed by atoms with Crippen molar-refractivity contribution in [3.05, 3.63) is 53.3 Å². The van der Waals surface area contributed by atoms with Crippen LogP contribution in [0.2, 0.25) is 0 Å². The molecule has 0 bridgehead atoms. The zero-order valence-electron chi connectivity index (χ0n) is 17.8. The van der Waals surface area contributed by atoms with Crippen molar-refractivity contribution in [2.45, 2.75) is 64.1 Å². The second kappa shape index (κ2) is 8.99. The SMILES string of the molecule is CCC1CC[C@@H]2C[C@H](c3ccc(-c4cc(F)c(OC(F)(F)F)c(F)c4)c(F)c3)CC[C@@H]2C1. The highest BCUT2D eigenvalue weighted by Crippen LogP contribution is 2.48. The highest BCUT2D eigenvalue weighted by Gasteiger charge is 2.36. The van der Waals surface area contributed by atoms with E-state index >= 15 is 0 Å². The summed E-state index contributed by atoms with van der Waals surface area (Å²) in [5, 5.41) is 0. The Labute approximate surface area is 183 Å². The summed E-state index contributed by atoms with van der Waals surface area (Å²) in [4.78, 5) is 0. The van der Waals surface area contributed by atoms with E-state index in [2.05, 4.69) is 11.7 Å². The van der Waals surface area contributed by atoms with E-state index in [1.54, 1.807) is 6.07 Å². The van der Waals surface area contributed by atoms with Crippen LogP contribution >= 0.6 is 0 Å². The van der Waals surface area contributed by atoms with Crippen molar-refractivity contribution in [1.29, 1.82) is 0 Å². The average Bonchev–Trinajstić information content (AvgIpc) is 2.74. The van der Waals surface area contributed by atoms with Gasteiger partial charge in [0.2, 0.25) is 5.75 Å². The van der Waals surface area contributed by atoms with Crippen LogP contribution in [0.3, 0.4) is 0 Å². The molecule has 0 N–H and O–H groups in total. The minimum absolute atomic E-state index is 0.0674. The lowest BCUT2D eigenvalue weighted by atomic mass is 9.63. The Balaban J connectivity index is 1.52. The summed E-state index contributed by atoms with van der Waals surface area (Å²) in [5.41, 5.74) is 0.614. The maximum atomic E-state index is 14.9. The standard InChI is InChI=1S/C25H26F6O/c1-2-14-3-4-16-10-17(6-5-15(16)9-14)18-7-8-20(21(26)11-18)19-12-22(27)24(23(28)13-19)32-25(29,30)31/h7-8,11-17H,2-6,9-10H2,1H3/t14?,15-,16-,17-/m1/s1. The second-order valence-electron chi connectivity index (χ2n) is 9.17. The monoisotopic (exact) mass is 456 g/mol. The molecule has 0 aromatic heterocycles. The van der Waals surface area contributed by atoms with Crippen LogP contribution in [0.25, 0.3) is 11.1 Å². The summed E-state index contributed by atoms with van der Waals surface area (Å²) in [5.74, 6) is -2.81. The van der Waals surface area contributed by atoms with E-state index in [9.17, 15) is 26.3 Å². The Hall–Kier alpha value is -2.18. The first-order valence-electron chi connectivity index (χ1n) is 11.2. The van der Waals surface area contributed by atoms with Crippen molar-refractivity contribution < 1.29 is 31.1 Å².